The van der Waals surface area contributed by atoms with Gasteiger partial charge in [-0.25, -0.2) is 4.79 Å². The molecule has 1 aliphatic heterocycles. The van der Waals surface area contributed by atoms with Crippen LogP contribution in [0.5, 0.6) is 5.75 Å². The molecule has 146 valence electrons. The molecule has 3 amide bonds. The van der Waals surface area contributed by atoms with Crippen LogP contribution in [-0.4, -0.2) is 64.5 Å². The average Bonchev–Trinajstić information content (AvgIpc) is 2.83. The second-order valence-corrected chi connectivity index (χ2v) is 7.40. The lowest BCUT2D eigenvalue weighted by Crippen LogP contribution is -2.49. The summed E-state index contributed by atoms with van der Waals surface area (Å²) in [4.78, 5) is 39.6. The van der Waals surface area contributed by atoms with Crippen LogP contribution < -0.4 is 4.74 Å². The van der Waals surface area contributed by atoms with Gasteiger partial charge in [-0.15, -0.1) is 0 Å². The number of ketones is 1. The van der Waals surface area contributed by atoms with Gasteiger partial charge in [-0.2, -0.15) is 0 Å². The second-order valence-electron chi connectivity index (χ2n) is 7.40. The summed E-state index contributed by atoms with van der Waals surface area (Å²) in [6.07, 6.45) is 3.27. The van der Waals surface area contributed by atoms with Gasteiger partial charge in [0.1, 0.15) is 24.0 Å². The Balaban J connectivity index is 1.61. The van der Waals surface area contributed by atoms with Crippen molar-refractivity contribution in [1.29, 1.82) is 0 Å². The minimum absolute atomic E-state index is 0.0740. The quantitative estimate of drug-likeness (QED) is 0.609. The van der Waals surface area contributed by atoms with Gasteiger partial charge < -0.3 is 14.7 Å². The second kappa shape index (κ2) is 7.68. The molecule has 1 aromatic rings. The smallest absolute Gasteiger partial charge is 0.327 e. The molecule has 1 saturated heterocycles. The van der Waals surface area contributed by atoms with Crippen molar-refractivity contribution in [3.63, 3.8) is 0 Å². The topological polar surface area (TPSA) is 87.2 Å². The van der Waals surface area contributed by atoms with Crippen molar-refractivity contribution in [2.75, 3.05) is 20.2 Å². The zero-order valence-corrected chi connectivity index (χ0v) is 15.8. The number of hydrogen-bond acceptors (Lipinski definition) is 5. The molecule has 7 heteroatoms. The number of hydrogen-bond donors (Lipinski definition) is 1. The molecule has 3 rings (SSSR count). The molecular weight excluding hydrogens is 348 g/mol. The number of urea groups is 1. The van der Waals surface area contributed by atoms with E-state index < -0.39 is 11.6 Å². The van der Waals surface area contributed by atoms with Crippen molar-refractivity contribution in [2.45, 2.75) is 50.7 Å². The number of aliphatic hydroxyl groups is 1. The summed E-state index contributed by atoms with van der Waals surface area (Å²) >= 11 is 0. The van der Waals surface area contributed by atoms with Gasteiger partial charge >= 0.3 is 6.03 Å². The summed E-state index contributed by atoms with van der Waals surface area (Å²) in [6.45, 7) is 1.29. The monoisotopic (exact) mass is 374 g/mol. The Bertz CT molecular complexity index is 742. The van der Waals surface area contributed by atoms with Crippen molar-refractivity contribution < 1.29 is 24.2 Å². The predicted octanol–water partition coefficient (Wildman–Crippen LogP) is 2.23. The Morgan fingerprint density at radius 1 is 1.26 bits per heavy atom. The molecule has 0 aromatic heterocycles. The summed E-state index contributed by atoms with van der Waals surface area (Å²) in [5.74, 6) is 0.170. The molecule has 1 atom stereocenters. The van der Waals surface area contributed by atoms with E-state index in [-0.39, 0.29) is 30.9 Å². The van der Waals surface area contributed by atoms with E-state index in [1.54, 1.807) is 36.2 Å². The molecule has 0 bridgehead atoms. The highest BCUT2D eigenvalue weighted by Crippen LogP contribution is 2.39. The third-order valence-electron chi connectivity index (χ3n) is 5.56. The Labute approximate surface area is 158 Å². The highest BCUT2D eigenvalue weighted by molar-refractivity contribution is 6.07. The van der Waals surface area contributed by atoms with Gasteiger partial charge in [0.05, 0.1) is 6.54 Å². The Kier molecular flexibility index (Phi) is 5.51. The normalized spacial score (nSPS) is 20.3. The maximum absolute atomic E-state index is 12.9. The molecule has 1 unspecified atom stereocenters. The van der Waals surface area contributed by atoms with E-state index in [0.717, 1.165) is 24.2 Å². The Morgan fingerprint density at radius 2 is 1.96 bits per heavy atom. The minimum Gasteiger partial charge on any atom is -0.491 e. The van der Waals surface area contributed by atoms with Crippen LogP contribution in [-0.2, 0) is 4.79 Å². The number of likely N-dealkylation sites (N-methyl/N-ethyl adjacent to an activating group) is 1. The van der Waals surface area contributed by atoms with E-state index in [0.29, 0.717) is 24.2 Å². The van der Waals surface area contributed by atoms with Crippen molar-refractivity contribution in [3.05, 3.63) is 29.8 Å². The van der Waals surface area contributed by atoms with Gasteiger partial charge in [-0.3, -0.25) is 14.5 Å². The number of carbonyl (C=O) groups is 3. The fraction of sp³-hybridized carbons (Fsp3) is 0.550. The Hall–Kier alpha value is -2.41. The molecule has 1 N–H and O–H groups in total. The average molecular weight is 374 g/mol. The van der Waals surface area contributed by atoms with Crippen LogP contribution in [0.1, 0.15) is 49.4 Å². The number of carbonyl (C=O) groups excluding carboxylic acids is 3. The first-order chi connectivity index (χ1) is 12.8. The molecule has 27 heavy (non-hydrogen) atoms. The molecule has 1 aliphatic carbocycles. The summed E-state index contributed by atoms with van der Waals surface area (Å²) in [7, 11) is 1.67. The zero-order valence-electron chi connectivity index (χ0n) is 15.8. The van der Waals surface area contributed by atoms with Gasteiger partial charge in [0, 0.05) is 12.6 Å². The van der Waals surface area contributed by atoms with Gasteiger partial charge in [0.2, 0.25) is 0 Å². The molecule has 0 radical (unpaired) electrons. The lowest BCUT2D eigenvalue weighted by molar-refractivity contribution is -0.135. The Morgan fingerprint density at radius 3 is 2.63 bits per heavy atom. The first kappa shape index (κ1) is 19.4. The molecule has 2 fully saturated rings. The van der Waals surface area contributed by atoms with Gasteiger partial charge in [-0.1, -0.05) is 31.4 Å². The standard InChI is InChI=1S/C20H26N2O5/c1-14(23)15-7-6-8-17(11-15)27-13-16(24)12-22-18(25)20(21(2)19(22)26)9-4-3-5-10-20/h6-8,11,16,24H,3-5,9-10,12-13H2,1-2H3. The molecule has 1 spiro atoms. The maximum atomic E-state index is 12.9. The molecule has 7 nitrogen and oxygen atoms in total. The van der Waals surface area contributed by atoms with Gasteiger partial charge in [0.25, 0.3) is 5.91 Å². The SMILES string of the molecule is CC(=O)c1cccc(OCC(O)CN2C(=O)N(C)C3(CCCCC3)C2=O)c1. The van der Waals surface area contributed by atoms with E-state index in [1.165, 1.54) is 6.92 Å². The number of Topliss-reactive ketones (excluding diaryl/α,β-unsaturated/α-hetero) is 1. The lowest BCUT2D eigenvalue weighted by atomic mass is 9.81. The summed E-state index contributed by atoms with van der Waals surface area (Å²) in [5, 5.41) is 10.3. The van der Waals surface area contributed by atoms with E-state index in [9.17, 15) is 19.5 Å². The number of benzene rings is 1. The third kappa shape index (κ3) is 3.69. The van der Waals surface area contributed by atoms with E-state index in [4.69, 9.17) is 4.74 Å². The first-order valence-corrected chi connectivity index (χ1v) is 9.37. The van der Waals surface area contributed by atoms with Crippen LogP contribution in [0.2, 0.25) is 0 Å². The van der Waals surface area contributed by atoms with Crippen molar-refractivity contribution >= 4 is 17.7 Å². The number of imide groups is 1. The number of nitrogens with zero attached hydrogens (tertiary/aromatic N) is 2. The van der Waals surface area contributed by atoms with Gasteiger partial charge in [-0.05, 0) is 31.9 Å². The number of aliphatic hydroxyl groups excluding tert-OH is 1. The molecule has 1 saturated carbocycles. The van der Waals surface area contributed by atoms with E-state index >= 15 is 0 Å². The summed E-state index contributed by atoms with van der Waals surface area (Å²) < 4.78 is 5.54. The maximum Gasteiger partial charge on any atom is 0.327 e. The van der Waals surface area contributed by atoms with E-state index in [2.05, 4.69) is 0 Å². The van der Waals surface area contributed by atoms with E-state index in [1.807, 2.05) is 0 Å². The summed E-state index contributed by atoms with van der Waals surface area (Å²) in [5.41, 5.74) is -0.223. The largest absolute Gasteiger partial charge is 0.491 e. The van der Waals surface area contributed by atoms with Crippen LogP contribution in [0.4, 0.5) is 4.79 Å². The lowest BCUT2D eigenvalue weighted by Gasteiger charge is -2.35. The number of rotatable bonds is 6. The molecule has 2 aliphatic rings. The highest BCUT2D eigenvalue weighted by Gasteiger charge is 2.55. The summed E-state index contributed by atoms with van der Waals surface area (Å²) in [6, 6.07) is 6.32. The van der Waals surface area contributed by atoms with Crippen LogP contribution in [0.25, 0.3) is 0 Å². The molecule has 1 heterocycles. The van der Waals surface area contributed by atoms with Crippen molar-refractivity contribution in [3.8, 4) is 5.75 Å². The van der Waals surface area contributed by atoms with Crippen molar-refractivity contribution in [2.24, 2.45) is 0 Å². The van der Waals surface area contributed by atoms with Crippen LogP contribution in [0, 0.1) is 0 Å². The van der Waals surface area contributed by atoms with Crippen LogP contribution >= 0.6 is 0 Å². The molecular formula is C20H26N2O5. The fourth-order valence-corrected chi connectivity index (χ4v) is 3.95. The predicted molar refractivity (Wildman–Crippen MR) is 98.6 cm³/mol. The van der Waals surface area contributed by atoms with Gasteiger partial charge in [0.15, 0.2) is 5.78 Å². The minimum atomic E-state index is -1.01. The first-order valence-electron chi connectivity index (χ1n) is 9.37. The number of amides is 3. The van der Waals surface area contributed by atoms with Crippen molar-refractivity contribution in [1.82, 2.24) is 9.80 Å². The third-order valence-corrected chi connectivity index (χ3v) is 5.56. The zero-order chi connectivity index (χ0) is 19.6. The number of β-amino-alcohol motifs (C(OH)–C–C–N with tert-alkyl or cyclic N) is 1. The van der Waals surface area contributed by atoms with Crippen LogP contribution in [0.15, 0.2) is 24.3 Å². The molecule has 1 aromatic carbocycles. The van der Waals surface area contributed by atoms with Crippen LogP contribution in [0.3, 0.4) is 0 Å². The fourth-order valence-electron chi connectivity index (χ4n) is 3.95. The highest BCUT2D eigenvalue weighted by atomic mass is 16.5. The number of ether oxygens (including phenoxy) is 1.